The van der Waals surface area contributed by atoms with Crippen LogP contribution in [0.1, 0.15) is 44.2 Å². The summed E-state index contributed by atoms with van der Waals surface area (Å²) < 4.78 is 62.2. The second-order valence-corrected chi connectivity index (χ2v) is 8.74. The minimum absolute atomic E-state index is 0.0248. The SMILES string of the molecule is C[C@H](NC(=O)N[C@H]1CCCC[C@@H]1C(F)(F)F)c1ccc(S(C)(=O)=O)cc1. The number of halogens is 3. The summed E-state index contributed by atoms with van der Waals surface area (Å²) in [6.45, 7) is 1.68. The summed E-state index contributed by atoms with van der Waals surface area (Å²) in [5.41, 5.74) is 0.656. The lowest BCUT2D eigenvalue weighted by Gasteiger charge is -2.33. The third-order valence-corrected chi connectivity index (χ3v) is 5.79. The van der Waals surface area contributed by atoms with Gasteiger partial charge in [-0.2, -0.15) is 13.2 Å². The van der Waals surface area contributed by atoms with Gasteiger partial charge in [-0.3, -0.25) is 0 Å². The van der Waals surface area contributed by atoms with Crippen LogP contribution in [0.15, 0.2) is 29.2 Å². The highest BCUT2D eigenvalue weighted by Gasteiger charge is 2.46. The second-order valence-electron chi connectivity index (χ2n) is 6.72. The van der Waals surface area contributed by atoms with Crippen LogP contribution in [0, 0.1) is 5.92 Å². The van der Waals surface area contributed by atoms with E-state index in [1.807, 2.05) is 0 Å². The summed E-state index contributed by atoms with van der Waals surface area (Å²) in [4.78, 5) is 12.3. The Bertz CT molecular complexity index is 733. The monoisotopic (exact) mass is 392 g/mol. The molecule has 2 N–H and O–H groups in total. The Labute approximate surface area is 151 Å². The smallest absolute Gasteiger partial charge is 0.335 e. The number of urea groups is 1. The predicted octanol–water partition coefficient (Wildman–Crippen LogP) is 3.57. The highest BCUT2D eigenvalue weighted by Crippen LogP contribution is 2.37. The fourth-order valence-corrected chi connectivity index (χ4v) is 3.82. The van der Waals surface area contributed by atoms with Crippen molar-refractivity contribution in [3.63, 3.8) is 0 Å². The summed E-state index contributed by atoms with van der Waals surface area (Å²) in [5, 5.41) is 5.05. The molecule has 0 heterocycles. The minimum atomic E-state index is -4.33. The molecule has 146 valence electrons. The molecular formula is C17H23F3N2O3S. The molecule has 26 heavy (non-hydrogen) atoms. The first kappa shape index (κ1) is 20.5. The summed E-state index contributed by atoms with van der Waals surface area (Å²) in [7, 11) is -3.31. The third kappa shape index (κ3) is 5.36. The molecule has 5 nitrogen and oxygen atoms in total. The molecule has 0 aromatic heterocycles. The highest BCUT2D eigenvalue weighted by molar-refractivity contribution is 7.90. The van der Waals surface area contributed by atoms with Crippen molar-refractivity contribution < 1.29 is 26.4 Å². The molecule has 1 aliphatic carbocycles. The summed E-state index contributed by atoms with van der Waals surface area (Å²) in [6.07, 6.45) is -1.75. The van der Waals surface area contributed by atoms with Gasteiger partial charge in [-0.1, -0.05) is 25.0 Å². The van der Waals surface area contributed by atoms with Crippen molar-refractivity contribution >= 4 is 15.9 Å². The summed E-state index contributed by atoms with van der Waals surface area (Å²) >= 11 is 0. The van der Waals surface area contributed by atoms with Gasteiger partial charge in [0, 0.05) is 12.3 Å². The molecular weight excluding hydrogens is 369 g/mol. The van der Waals surface area contributed by atoms with Gasteiger partial charge in [0.2, 0.25) is 0 Å². The van der Waals surface area contributed by atoms with E-state index in [0.29, 0.717) is 24.8 Å². The Morgan fingerprint density at radius 3 is 2.27 bits per heavy atom. The highest BCUT2D eigenvalue weighted by atomic mass is 32.2. The lowest BCUT2D eigenvalue weighted by atomic mass is 9.84. The van der Waals surface area contributed by atoms with Crippen LogP contribution in [-0.4, -0.2) is 32.9 Å². The van der Waals surface area contributed by atoms with E-state index in [1.165, 1.54) is 12.1 Å². The van der Waals surface area contributed by atoms with Crippen LogP contribution in [0.2, 0.25) is 0 Å². The summed E-state index contributed by atoms with van der Waals surface area (Å²) in [5.74, 6) is -1.52. The molecule has 0 saturated heterocycles. The van der Waals surface area contributed by atoms with Gasteiger partial charge < -0.3 is 10.6 Å². The Kier molecular flexibility index (Phi) is 6.21. The number of rotatable bonds is 4. The van der Waals surface area contributed by atoms with Crippen molar-refractivity contribution in [2.24, 2.45) is 5.92 Å². The molecule has 1 saturated carbocycles. The molecule has 3 atom stereocenters. The van der Waals surface area contributed by atoms with Gasteiger partial charge in [-0.15, -0.1) is 0 Å². The Balaban J connectivity index is 1.98. The zero-order chi connectivity index (χ0) is 19.5. The number of nitrogens with one attached hydrogen (secondary N) is 2. The van der Waals surface area contributed by atoms with Crippen molar-refractivity contribution in [1.82, 2.24) is 10.6 Å². The minimum Gasteiger partial charge on any atom is -0.335 e. The van der Waals surface area contributed by atoms with E-state index in [-0.39, 0.29) is 11.3 Å². The van der Waals surface area contributed by atoms with Gasteiger partial charge in [0.15, 0.2) is 9.84 Å². The quantitative estimate of drug-likeness (QED) is 0.823. The second kappa shape index (κ2) is 7.85. The van der Waals surface area contributed by atoms with E-state index >= 15 is 0 Å². The van der Waals surface area contributed by atoms with Crippen LogP contribution in [-0.2, 0) is 9.84 Å². The average molecular weight is 392 g/mol. The van der Waals surface area contributed by atoms with Crippen LogP contribution in [0.4, 0.5) is 18.0 Å². The first-order chi connectivity index (χ1) is 12.0. The van der Waals surface area contributed by atoms with Crippen molar-refractivity contribution in [2.75, 3.05) is 6.26 Å². The van der Waals surface area contributed by atoms with Crippen LogP contribution < -0.4 is 10.6 Å². The third-order valence-electron chi connectivity index (χ3n) is 4.66. The lowest BCUT2D eigenvalue weighted by Crippen LogP contribution is -2.51. The maximum atomic E-state index is 13.1. The number of hydrogen-bond donors (Lipinski definition) is 2. The molecule has 1 aromatic rings. The van der Waals surface area contributed by atoms with Gasteiger partial charge in [-0.25, -0.2) is 13.2 Å². The van der Waals surface area contributed by atoms with Gasteiger partial charge in [-0.05, 0) is 37.5 Å². The van der Waals surface area contributed by atoms with E-state index in [4.69, 9.17) is 0 Å². The Morgan fingerprint density at radius 1 is 1.15 bits per heavy atom. The predicted molar refractivity (Wildman–Crippen MR) is 91.4 cm³/mol. The first-order valence-corrected chi connectivity index (χ1v) is 10.3. The Morgan fingerprint density at radius 2 is 1.73 bits per heavy atom. The topological polar surface area (TPSA) is 75.3 Å². The lowest BCUT2D eigenvalue weighted by molar-refractivity contribution is -0.187. The molecule has 2 rings (SSSR count). The van der Waals surface area contributed by atoms with E-state index in [2.05, 4.69) is 10.6 Å². The number of benzene rings is 1. The number of carbonyl (C=O) groups is 1. The molecule has 1 aromatic carbocycles. The van der Waals surface area contributed by atoms with Crippen LogP contribution >= 0.6 is 0 Å². The van der Waals surface area contributed by atoms with Gasteiger partial charge in [0.1, 0.15) is 0 Å². The van der Waals surface area contributed by atoms with E-state index in [1.54, 1.807) is 19.1 Å². The number of alkyl halides is 3. The van der Waals surface area contributed by atoms with Gasteiger partial charge >= 0.3 is 12.2 Å². The van der Waals surface area contributed by atoms with Crippen LogP contribution in [0.5, 0.6) is 0 Å². The zero-order valence-corrected chi connectivity index (χ0v) is 15.5. The van der Waals surface area contributed by atoms with Crippen molar-refractivity contribution in [2.45, 2.75) is 55.8 Å². The number of sulfone groups is 1. The fraction of sp³-hybridized carbons (Fsp3) is 0.588. The van der Waals surface area contributed by atoms with Crippen LogP contribution in [0.25, 0.3) is 0 Å². The van der Waals surface area contributed by atoms with Gasteiger partial charge in [0.25, 0.3) is 0 Å². The van der Waals surface area contributed by atoms with Crippen molar-refractivity contribution in [3.05, 3.63) is 29.8 Å². The number of carbonyl (C=O) groups excluding carboxylic acids is 1. The molecule has 0 bridgehead atoms. The molecule has 2 amide bonds. The van der Waals surface area contributed by atoms with Crippen LogP contribution in [0.3, 0.4) is 0 Å². The van der Waals surface area contributed by atoms with E-state index < -0.39 is 40.0 Å². The molecule has 1 fully saturated rings. The maximum Gasteiger partial charge on any atom is 0.393 e. The molecule has 1 aliphatic rings. The molecule has 0 spiro atoms. The Hall–Kier alpha value is -1.77. The molecule has 0 radical (unpaired) electrons. The fourth-order valence-electron chi connectivity index (χ4n) is 3.19. The van der Waals surface area contributed by atoms with Crippen molar-refractivity contribution in [3.8, 4) is 0 Å². The van der Waals surface area contributed by atoms with E-state index in [9.17, 15) is 26.4 Å². The number of hydrogen-bond acceptors (Lipinski definition) is 3. The number of amides is 2. The average Bonchev–Trinajstić information content (AvgIpc) is 2.53. The van der Waals surface area contributed by atoms with E-state index in [0.717, 1.165) is 6.26 Å². The first-order valence-electron chi connectivity index (χ1n) is 8.42. The summed E-state index contributed by atoms with van der Waals surface area (Å²) in [6, 6.07) is 3.94. The van der Waals surface area contributed by atoms with Crippen molar-refractivity contribution in [1.29, 1.82) is 0 Å². The normalized spacial score (nSPS) is 22.5. The molecule has 9 heteroatoms. The maximum absolute atomic E-state index is 13.1. The molecule has 0 aliphatic heterocycles. The van der Waals surface area contributed by atoms with Gasteiger partial charge in [0.05, 0.1) is 16.9 Å². The molecule has 0 unspecified atom stereocenters. The standard InChI is InChI=1S/C17H23F3N2O3S/c1-11(12-7-9-13(10-8-12)26(2,24)25)21-16(23)22-15-6-4-3-5-14(15)17(18,19)20/h7-11,14-15H,3-6H2,1-2H3,(H2,21,22,23)/t11-,14-,15-/m0/s1. The zero-order valence-electron chi connectivity index (χ0n) is 14.6. The largest absolute Gasteiger partial charge is 0.393 e.